The van der Waals surface area contributed by atoms with Crippen LogP contribution in [-0.2, 0) is 0 Å². The van der Waals surface area contributed by atoms with Crippen LogP contribution in [0, 0.1) is 6.92 Å². The van der Waals surface area contributed by atoms with E-state index in [1.54, 1.807) is 10.6 Å². The van der Waals surface area contributed by atoms with Crippen LogP contribution in [0.5, 0.6) is 0 Å². The van der Waals surface area contributed by atoms with E-state index >= 15 is 0 Å². The van der Waals surface area contributed by atoms with E-state index in [-0.39, 0.29) is 0 Å². The maximum absolute atomic E-state index is 6.17. The van der Waals surface area contributed by atoms with Crippen LogP contribution in [0.15, 0.2) is 24.5 Å². The molecule has 0 unspecified atom stereocenters. The summed E-state index contributed by atoms with van der Waals surface area (Å²) in [5, 5.41) is 11.9. The average molecular weight is 310 g/mol. The molecule has 4 heterocycles. The van der Waals surface area contributed by atoms with E-state index in [0.717, 1.165) is 54.6 Å². The number of hydrogen-bond donors (Lipinski definition) is 2. The van der Waals surface area contributed by atoms with Crippen molar-refractivity contribution in [3.63, 3.8) is 0 Å². The maximum Gasteiger partial charge on any atom is 0.209 e. The lowest BCUT2D eigenvalue weighted by Crippen LogP contribution is -2.44. The summed E-state index contributed by atoms with van der Waals surface area (Å²) in [6, 6.07) is 3.92. The van der Waals surface area contributed by atoms with Gasteiger partial charge in [-0.25, -0.2) is 4.40 Å². The van der Waals surface area contributed by atoms with Crippen LogP contribution in [0.4, 0.5) is 11.8 Å². The van der Waals surface area contributed by atoms with Crippen molar-refractivity contribution in [3.8, 4) is 11.1 Å². The van der Waals surface area contributed by atoms with E-state index in [1.807, 2.05) is 25.3 Å². The fraction of sp³-hybridized carbons (Fsp3) is 0.333. The van der Waals surface area contributed by atoms with E-state index in [2.05, 4.69) is 30.4 Å². The van der Waals surface area contributed by atoms with Gasteiger partial charge in [-0.05, 0) is 13.0 Å². The van der Waals surface area contributed by atoms with Gasteiger partial charge in [0, 0.05) is 44.1 Å². The summed E-state index contributed by atoms with van der Waals surface area (Å²) in [5.74, 6) is 1.97. The van der Waals surface area contributed by atoms with Crippen molar-refractivity contribution in [2.75, 3.05) is 36.8 Å². The number of rotatable bonds is 2. The minimum Gasteiger partial charge on any atom is -0.369 e. The van der Waals surface area contributed by atoms with Crippen molar-refractivity contribution in [3.05, 3.63) is 30.4 Å². The van der Waals surface area contributed by atoms with Gasteiger partial charge in [0.1, 0.15) is 11.6 Å². The van der Waals surface area contributed by atoms with Crippen LogP contribution in [0.3, 0.4) is 0 Å². The first-order valence-electron chi connectivity index (χ1n) is 7.63. The van der Waals surface area contributed by atoms with E-state index in [9.17, 15) is 0 Å². The Hall–Kier alpha value is -2.74. The topological polar surface area (TPSA) is 97.3 Å². The van der Waals surface area contributed by atoms with E-state index in [4.69, 9.17) is 5.73 Å². The van der Waals surface area contributed by atoms with Crippen molar-refractivity contribution in [1.29, 1.82) is 0 Å². The Kier molecular flexibility index (Phi) is 3.30. The number of aromatic nitrogens is 5. The van der Waals surface area contributed by atoms with Gasteiger partial charge in [0.15, 0.2) is 5.65 Å². The molecule has 8 heteroatoms. The normalized spacial score (nSPS) is 15.3. The third-order valence-corrected chi connectivity index (χ3v) is 4.09. The average Bonchev–Trinajstić information content (AvgIpc) is 2.99. The Morgan fingerprint density at radius 3 is 2.78 bits per heavy atom. The largest absolute Gasteiger partial charge is 0.369 e. The number of nitrogens with two attached hydrogens (primary N) is 1. The van der Waals surface area contributed by atoms with Gasteiger partial charge in [0.05, 0.1) is 5.56 Å². The number of nitrogens with one attached hydrogen (secondary N) is 1. The zero-order valence-electron chi connectivity index (χ0n) is 12.9. The quantitative estimate of drug-likeness (QED) is 0.710. The van der Waals surface area contributed by atoms with Gasteiger partial charge in [0.2, 0.25) is 5.95 Å². The van der Waals surface area contributed by atoms with Crippen molar-refractivity contribution in [2.24, 2.45) is 0 Å². The number of aryl methyl sites for hydroxylation is 1. The smallest absolute Gasteiger partial charge is 0.209 e. The van der Waals surface area contributed by atoms with Crippen molar-refractivity contribution >= 4 is 17.4 Å². The van der Waals surface area contributed by atoms with Gasteiger partial charge in [-0.3, -0.25) is 4.98 Å². The number of anilines is 2. The highest BCUT2D eigenvalue weighted by atomic mass is 15.3. The van der Waals surface area contributed by atoms with Crippen LogP contribution in [-0.4, -0.2) is 50.7 Å². The highest BCUT2D eigenvalue weighted by Crippen LogP contribution is 2.33. The molecule has 0 bridgehead atoms. The zero-order valence-corrected chi connectivity index (χ0v) is 12.9. The molecule has 0 atom stereocenters. The van der Waals surface area contributed by atoms with E-state index in [1.165, 1.54) is 0 Å². The summed E-state index contributed by atoms with van der Waals surface area (Å²) in [6.07, 6.45) is 3.58. The van der Waals surface area contributed by atoms with Gasteiger partial charge >= 0.3 is 0 Å². The number of hydrogen-bond acceptors (Lipinski definition) is 7. The minimum absolute atomic E-state index is 0.406. The Morgan fingerprint density at radius 1 is 1.22 bits per heavy atom. The summed E-state index contributed by atoms with van der Waals surface area (Å²) < 4.78 is 1.79. The Balaban J connectivity index is 2.00. The maximum atomic E-state index is 6.17. The Morgan fingerprint density at radius 2 is 2.04 bits per heavy atom. The third kappa shape index (κ3) is 2.27. The second kappa shape index (κ2) is 5.47. The second-order valence-corrected chi connectivity index (χ2v) is 5.55. The SMILES string of the molecule is Cc1nnc2c(-c3cccnc3)c(N3CCNCC3)nc(N)n12. The number of piperazine rings is 1. The number of nitrogens with zero attached hydrogens (tertiary/aromatic N) is 6. The van der Waals surface area contributed by atoms with Crippen LogP contribution < -0.4 is 16.0 Å². The molecule has 0 saturated carbocycles. The Labute approximate surface area is 133 Å². The van der Waals surface area contributed by atoms with Crippen LogP contribution in [0.25, 0.3) is 16.8 Å². The highest BCUT2D eigenvalue weighted by molar-refractivity contribution is 5.87. The summed E-state index contributed by atoms with van der Waals surface area (Å²) in [4.78, 5) is 11.1. The molecule has 3 aromatic heterocycles. The fourth-order valence-corrected chi connectivity index (χ4v) is 2.99. The van der Waals surface area contributed by atoms with Crippen molar-refractivity contribution in [1.82, 2.24) is 29.9 Å². The molecule has 0 aliphatic carbocycles. The third-order valence-electron chi connectivity index (χ3n) is 4.09. The molecule has 118 valence electrons. The number of nitrogen functional groups attached to an aromatic ring is 1. The molecule has 3 aromatic rings. The van der Waals surface area contributed by atoms with Gasteiger partial charge < -0.3 is 16.0 Å². The molecular formula is C15H18N8. The van der Waals surface area contributed by atoms with Gasteiger partial charge in [-0.15, -0.1) is 10.2 Å². The summed E-state index contributed by atoms with van der Waals surface area (Å²) in [6.45, 7) is 5.47. The first-order valence-corrected chi connectivity index (χ1v) is 7.63. The predicted molar refractivity (Wildman–Crippen MR) is 88.2 cm³/mol. The lowest BCUT2D eigenvalue weighted by Gasteiger charge is -2.30. The number of pyridine rings is 1. The molecule has 3 N–H and O–H groups in total. The lowest BCUT2D eigenvalue weighted by molar-refractivity contribution is 0.585. The minimum atomic E-state index is 0.406. The molecular weight excluding hydrogens is 292 g/mol. The predicted octanol–water partition coefficient (Wildman–Crippen LogP) is 0.487. The summed E-state index contributed by atoms with van der Waals surface area (Å²) >= 11 is 0. The molecule has 0 radical (unpaired) electrons. The van der Waals surface area contributed by atoms with Gasteiger partial charge in [-0.2, -0.15) is 4.98 Å². The molecule has 1 aliphatic heterocycles. The second-order valence-electron chi connectivity index (χ2n) is 5.55. The molecule has 1 fully saturated rings. The van der Waals surface area contributed by atoms with E-state index in [0.29, 0.717) is 5.95 Å². The molecule has 4 rings (SSSR count). The zero-order chi connectivity index (χ0) is 15.8. The standard InChI is InChI=1S/C15H18N8/c1-10-20-21-14-12(11-3-2-4-18-9-11)13(19-15(16)23(10)14)22-7-5-17-6-8-22/h2-4,9,17H,5-8H2,1H3,(H2,16,19). The van der Waals surface area contributed by atoms with Crippen LogP contribution in [0.1, 0.15) is 5.82 Å². The van der Waals surface area contributed by atoms with Crippen LogP contribution in [0.2, 0.25) is 0 Å². The molecule has 23 heavy (non-hydrogen) atoms. The highest BCUT2D eigenvalue weighted by Gasteiger charge is 2.23. The fourth-order valence-electron chi connectivity index (χ4n) is 2.99. The first kappa shape index (κ1) is 13.9. The molecule has 0 aromatic carbocycles. The molecule has 0 spiro atoms. The first-order chi connectivity index (χ1) is 11.3. The van der Waals surface area contributed by atoms with Crippen molar-refractivity contribution in [2.45, 2.75) is 6.92 Å². The Bertz CT molecular complexity index is 836. The summed E-state index contributed by atoms with van der Waals surface area (Å²) in [5.41, 5.74) is 8.78. The molecule has 8 nitrogen and oxygen atoms in total. The van der Waals surface area contributed by atoms with Crippen molar-refractivity contribution < 1.29 is 0 Å². The van der Waals surface area contributed by atoms with Crippen LogP contribution >= 0.6 is 0 Å². The number of fused-ring (bicyclic) bond motifs is 1. The molecule has 0 amide bonds. The van der Waals surface area contributed by atoms with Gasteiger partial charge in [-0.1, -0.05) is 6.07 Å². The van der Waals surface area contributed by atoms with E-state index < -0.39 is 0 Å². The monoisotopic (exact) mass is 310 g/mol. The molecule has 1 saturated heterocycles. The molecule has 1 aliphatic rings. The lowest BCUT2D eigenvalue weighted by atomic mass is 10.1. The van der Waals surface area contributed by atoms with Gasteiger partial charge in [0.25, 0.3) is 0 Å². The summed E-state index contributed by atoms with van der Waals surface area (Å²) in [7, 11) is 0.